The second-order valence-electron chi connectivity index (χ2n) is 13.0. The summed E-state index contributed by atoms with van der Waals surface area (Å²) in [5.74, 6) is 0. The van der Waals surface area contributed by atoms with Crippen LogP contribution in [0.3, 0.4) is 0 Å². The number of hydrogen-bond acceptors (Lipinski definition) is 2. The highest BCUT2D eigenvalue weighted by Gasteiger charge is 2.49. The SMILES string of the molecule is C=C1/C=C\C=C/C2=C(CCC=C2)C12C1=C(NCC=C1)c1ccc(-c3cccc(C)c3)cc12.CC.NC(/C=C\c1ccccc1)C1=CCCC=C1. The number of aryl methyl sites for hydroxylation is 1. The van der Waals surface area contributed by atoms with Crippen molar-refractivity contribution >= 4 is 11.8 Å². The van der Waals surface area contributed by atoms with E-state index in [1.807, 2.05) is 32.0 Å². The van der Waals surface area contributed by atoms with Gasteiger partial charge in [-0.25, -0.2) is 0 Å². The smallest absolute Gasteiger partial charge is 0.0691 e. The van der Waals surface area contributed by atoms with Gasteiger partial charge in [-0.1, -0.05) is 172 Å². The van der Waals surface area contributed by atoms with Crippen molar-refractivity contribution in [2.75, 3.05) is 6.54 Å². The number of allylic oxidation sites excluding steroid dienone is 13. The summed E-state index contributed by atoms with van der Waals surface area (Å²) >= 11 is 0. The quantitative estimate of drug-likeness (QED) is 0.294. The van der Waals surface area contributed by atoms with Crippen molar-refractivity contribution in [1.82, 2.24) is 5.32 Å². The van der Waals surface area contributed by atoms with Gasteiger partial charge in [0.15, 0.2) is 0 Å². The summed E-state index contributed by atoms with van der Waals surface area (Å²) in [6.45, 7) is 11.7. The molecule has 1 heterocycles. The summed E-state index contributed by atoms with van der Waals surface area (Å²) in [7, 11) is 0. The van der Waals surface area contributed by atoms with Crippen LogP contribution in [0.5, 0.6) is 0 Å². The summed E-state index contributed by atoms with van der Waals surface area (Å²) in [5.41, 5.74) is 21.2. The van der Waals surface area contributed by atoms with Crippen LogP contribution < -0.4 is 11.1 Å². The van der Waals surface area contributed by atoms with E-state index in [1.54, 1.807) is 0 Å². The van der Waals surface area contributed by atoms with Crippen LogP contribution in [0.15, 0.2) is 180 Å². The topological polar surface area (TPSA) is 38.0 Å². The van der Waals surface area contributed by atoms with Gasteiger partial charge in [0, 0.05) is 23.8 Å². The number of nitrogens with one attached hydrogen (secondary N) is 1. The van der Waals surface area contributed by atoms with Gasteiger partial charge in [0.25, 0.3) is 0 Å². The lowest BCUT2D eigenvalue weighted by molar-refractivity contribution is 0.678. The van der Waals surface area contributed by atoms with Gasteiger partial charge >= 0.3 is 0 Å². The van der Waals surface area contributed by atoms with Gasteiger partial charge in [-0.05, 0) is 88.8 Å². The predicted molar refractivity (Wildman–Crippen MR) is 216 cm³/mol. The molecule has 2 unspecified atom stereocenters. The molecule has 2 heteroatoms. The summed E-state index contributed by atoms with van der Waals surface area (Å²) in [4.78, 5) is 0. The zero-order valence-corrected chi connectivity index (χ0v) is 29.8. The minimum Gasteiger partial charge on any atom is -0.381 e. The number of nitrogens with two attached hydrogens (primary N) is 1. The van der Waals surface area contributed by atoms with Crippen LogP contribution in [0.25, 0.3) is 22.9 Å². The third-order valence-corrected chi connectivity index (χ3v) is 9.93. The van der Waals surface area contributed by atoms with E-state index in [1.165, 1.54) is 61.4 Å². The van der Waals surface area contributed by atoms with E-state index in [0.717, 1.165) is 37.8 Å². The highest BCUT2D eigenvalue weighted by molar-refractivity contribution is 5.89. The maximum absolute atomic E-state index is 6.09. The molecule has 8 rings (SSSR count). The van der Waals surface area contributed by atoms with E-state index < -0.39 is 0 Å². The molecule has 0 saturated carbocycles. The molecule has 50 heavy (non-hydrogen) atoms. The molecule has 3 aromatic rings. The molecule has 0 saturated heterocycles. The Morgan fingerprint density at radius 3 is 2.40 bits per heavy atom. The lowest BCUT2D eigenvalue weighted by Crippen LogP contribution is -2.33. The van der Waals surface area contributed by atoms with Crippen LogP contribution >= 0.6 is 0 Å². The summed E-state index contributed by atoms with van der Waals surface area (Å²) in [5, 5.41) is 3.70. The molecular weight excluding hydrogens is 605 g/mol. The van der Waals surface area contributed by atoms with Crippen molar-refractivity contribution < 1.29 is 0 Å². The van der Waals surface area contributed by atoms with Crippen LogP contribution in [0.1, 0.15) is 61.8 Å². The standard InChI is InChI=1S/C31H27N.C15H17N.C2H6/c1-21-9-7-13-24(19-21)25-16-17-26-29(20-25)31(28-15-8-18-32-30(26)28)22(2)10-3-4-11-23-12-5-6-14-27(23)31;16-15(14-9-5-2-6-10-14)12-11-13-7-3-1-4-8-13;1-2/h3-5,7-13,15-17,19-20,32H,2,6,14,18H2,1H3;1,3-5,7-12,15H,2,6,16H2;1-2H3/b10-3-,11-4-;12-11-;. The molecule has 3 aromatic carbocycles. The Labute approximate surface area is 299 Å². The van der Waals surface area contributed by atoms with E-state index in [-0.39, 0.29) is 11.5 Å². The van der Waals surface area contributed by atoms with Crippen molar-refractivity contribution in [3.8, 4) is 11.1 Å². The Morgan fingerprint density at radius 1 is 0.800 bits per heavy atom. The van der Waals surface area contributed by atoms with Crippen molar-refractivity contribution in [3.63, 3.8) is 0 Å². The number of rotatable bonds is 4. The number of benzene rings is 3. The largest absolute Gasteiger partial charge is 0.381 e. The van der Waals surface area contributed by atoms with Crippen molar-refractivity contribution in [2.45, 2.75) is 57.9 Å². The van der Waals surface area contributed by atoms with Gasteiger partial charge in [-0.2, -0.15) is 0 Å². The maximum atomic E-state index is 6.09. The molecule has 252 valence electrons. The third kappa shape index (κ3) is 6.95. The van der Waals surface area contributed by atoms with Gasteiger partial charge in [-0.15, -0.1) is 0 Å². The number of dihydropyridines is 1. The zero-order chi connectivity index (χ0) is 34.9. The second kappa shape index (κ2) is 16.0. The van der Waals surface area contributed by atoms with Gasteiger partial charge in [0.05, 0.1) is 5.41 Å². The first kappa shape index (κ1) is 34.7. The Hall–Kier alpha value is -5.18. The zero-order valence-electron chi connectivity index (χ0n) is 29.8. The van der Waals surface area contributed by atoms with E-state index in [0.29, 0.717) is 0 Å². The number of fused-ring (bicyclic) bond motifs is 5. The molecule has 5 aliphatic rings. The molecule has 0 amide bonds. The Kier molecular flexibility index (Phi) is 11.1. The van der Waals surface area contributed by atoms with E-state index in [4.69, 9.17) is 5.73 Å². The molecule has 0 fully saturated rings. The molecule has 0 aromatic heterocycles. The lowest BCUT2D eigenvalue weighted by Gasteiger charge is -2.40. The average Bonchev–Trinajstić information content (AvgIpc) is 3.47. The fourth-order valence-corrected chi connectivity index (χ4v) is 7.63. The molecule has 2 nitrogen and oxygen atoms in total. The highest BCUT2D eigenvalue weighted by Crippen LogP contribution is 2.58. The molecule has 1 spiro atoms. The molecule has 2 atom stereocenters. The summed E-state index contributed by atoms with van der Waals surface area (Å²) in [6.07, 6.45) is 33.0. The summed E-state index contributed by atoms with van der Waals surface area (Å²) < 4.78 is 0. The van der Waals surface area contributed by atoms with Crippen molar-refractivity contribution in [1.29, 1.82) is 0 Å². The lowest BCUT2D eigenvalue weighted by atomic mass is 9.62. The van der Waals surface area contributed by atoms with Crippen LogP contribution in [0.4, 0.5) is 0 Å². The molecule has 3 N–H and O–H groups in total. The van der Waals surface area contributed by atoms with Crippen LogP contribution in [-0.4, -0.2) is 12.6 Å². The van der Waals surface area contributed by atoms with E-state index in [2.05, 4.69) is 152 Å². The third-order valence-electron chi connectivity index (χ3n) is 9.93. The maximum Gasteiger partial charge on any atom is 0.0691 e. The highest BCUT2D eigenvalue weighted by atomic mass is 14.9. The average molecular weight is 655 g/mol. The molecule has 4 aliphatic carbocycles. The van der Waals surface area contributed by atoms with Crippen molar-refractivity contribution in [3.05, 3.63) is 202 Å². The van der Waals surface area contributed by atoms with Gasteiger partial charge in [0.2, 0.25) is 0 Å². The monoisotopic (exact) mass is 654 g/mol. The molecule has 1 aliphatic heterocycles. The molecule has 0 bridgehead atoms. The summed E-state index contributed by atoms with van der Waals surface area (Å²) in [6, 6.07) is 26.1. The fourth-order valence-electron chi connectivity index (χ4n) is 7.63. The first-order chi connectivity index (χ1) is 24.6. The Balaban J connectivity index is 0.000000202. The minimum atomic E-state index is -0.338. The normalized spacial score (nSPS) is 21.8. The van der Waals surface area contributed by atoms with Crippen molar-refractivity contribution in [2.24, 2.45) is 5.73 Å². The van der Waals surface area contributed by atoms with Gasteiger partial charge in [-0.3, -0.25) is 0 Å². The predicted octanol–water partition coefficient (Wildman–Crippen LogP) is 11.4. The van der Waals surface area contributed by atoms with Gasteiger partial charge < -0.3 is 11.1 Å². The Morgan fingerprint density at radius 2 is 1.60 bits per heavy atom. The Bertz CT molecular complexity index is 2000. The first-order valence-electron chi connectivity index (χ1n) is 18.2. The van der Waals surface area contributed by atoms with Crippen LogP contribution in [0.2, 0.25) is 0 Å². The van der Waals surface area contributed by atoms with E-state index >= 15 is 0 Å². The van der Waals surface area contributed by atoms with Gasteiger partial charge in [0.1, 0.15) is 0 Å². The number of hydrogen-bond donors (Lipinski definition) is 2. The van der Waals surface area contributed by atoms with Crippen LogP contribution in [0, 0.1) is 6.92 Å². The fraction of sp³-hybridized carbons (Fsp3) is 0.208. The first-order valence-corrected chi connectivity index (χ1v) is 18.2. The minimum absolute atomic E-state index is 0.0109. The van der Waals surface area contributed by atoms with E-state index in [9.17, 15) is 0 Å². The van der Waals surface area contributed by atoms with Crippen LogP contribution in [-0.2, 0) is 5.41 Å². The second-order valence-corrected chi connectivity index (χ2v) is 13.0. The molecule has 0 radical (unpaired) electrons. The molecular formula is C48H50N2.